The summed E-state index contributed by atoms with van der Waals surface area (Å²) in [7, 11) is 2.43. The molecule has 0 atom stereocenters. The molecule has 0 aliphatic carbocycles. The Balaban J connectivity index is 0. The molecule has 1 aliphatic rings. The Kier molecular flexibility index (Phi) is 11.6. The van der Waals surface area contributed by atoms with Crippen molar-refractivity contribution in [3.8, 4) is 0 Å². The Bertz CT molecular complexity index is 328. The number of thiocarbonyl (C=S) groups is 1. The first-order chi connectivity index (χ1) is 8.38. The summed E-state index contributed by atoms with van der Waals surface area (Å²) in [5.74, 6) is -1.85. The minimum Gasteiger partial charge on any atom is -0.469 e. The van der Waals surface area contributed by atoms with Crippen molar-refractivity contribution in [2.75, 3.05) is 14.2 Å². The Labute approximate surface area is 136 Å². The van der Waals surface area contributed by atoms with E-state index in [9.17, 15) is 19.2 Å². The van der Waals surface area contributed by atoms with Crippen molar-refractivity contribution in [1.82, 2.24) is 10.6 Å². The largest absolute Gasteiger partial charge is 0.469 e. The number of methoxy groups -OCH3 is 2. The van der Waals surface area contributed by atoms with Crippen molar-refractivity contribution in [3.05, 3.63) is 0 Å². The third-order valence-electron chi connectivity index (χ3n) is 1.57. The van der Waals surface area contributed by atoms with Gasteiger partial charge in [-0.3, -0.25) is 19.2 Å². The van der Waals surface area contributed by atoms with Gasteiger partial charge in [0.25, 0.3) is 0 Å². The van der Waals surface area contributed by atoms with E-state index in [0.717, 1.165) is 0 Å². The molecular formula is C9H12N2NaO6S. The maximum absolute atomic E-state index is 10.4. The van der Waals surface area contributed by atoms with Crippen LogP contribution in [0.25, 0.3) is 0 Å². The SMILES string of the molecule is COC(=O)CC(=O)OC.O=C1CC(=O)NC(=S)N1.[Na]. The van der Waals surface area contributed by atoms with Crippen LogP contribution in [0.5, 0.6) is 0 Å². The first kappa shape index (κ1) is 20.3. The van der Waals surface area contributed by atoms with E-state index in [0.29, 0.717) is 0 Å². The molecule has 1 fully saturated rings. The van der Waals surface area contributed by atoms with E-state index in [1.807, 2.05) is 0 Å². The standard InChI is InChI=1S/C5H8O4.C4H4N2O2S.Na/c1-8-4(6)3-5(7)9-2;7-2-1-3(8)6-4(9)5-2;/h3H2,1-2H3;1H2,(H2,5,6,7,8,9);. The maximum atomic E-state index is 10.4. The molecular weight excluding hydrogens is 287 g/mol. The molecule has 1 rings (SSSR count). The van der Waals surface area contributed by atoms with E-state index in [1.54, 1.807) is 0 Å². The zero-order valence-electron chi connectivity index (χ0n) is 10.8. The first-order valence-electron chi connectivity index (χ1n) is 4.66. The Morgan fingerprint density at radius 1 is 1.11 bits per heavy atom. The van der Waals surface area contributed by atoms with Crippen LogP contribution in [-0.4, -0.2) is 72.6 Å². The van der Waals surface area contributed by atoms with Crippen molar-refractivity contribution in [1.29, 1.82) is 0 Å². The second-order valence-electron chi connectivity index (χ2n) is 2.93. The quantitative estimate of drug-likeness (QED) is 0.269. The van der Waals surface area contributed by atoms with E-state index in [1.165, 1.54) is 14.2 Å². The number of hydrogen-bond acceptors (Lipinski definition) is 7. The molecule has 2 amide bonds. The van der Waals surface area contributed by atoms with Gasteiger partial charge in [-0.05, 0) is 12.2 Å². The molecule has 0 spiro atoms. The van der Waals surface area contributed by atoms with Gasteiger partial charge < -0.3 is 20.1 Å². The monoisotopic (exact) mass is 299 g/mol. The Morgan fingerprint density at radius 3 is 1.74 bits per heavy atom. The van der Waals surface area contributed by atoms with Gasteiger partial charge in [-0.2, -0.15) is 0 Å². The summed E-state index contributed by atoms with van der Waals surface area (Å²) in [6, 6.07) is 0. The van der Waals surface area contributed by atoms with E-state index in [2.05, 4.69) is 32.3 Å². The van der Waals surface area contributed by atoms with Gasteiger partial charge in [-0.25, -0.2) is 0 Å². The molecule has 0 unspecified atom stereocenters. The molecule has 1 heterocycles. The van der Waals surface area contributed by atoms with Crippen molar-refractivity contribution >= 4 is 70.6 Å². The summed E-state index contributed by atoms with van der Waals surface area (Å²) >= 11 is 4.50. The third-order valence-corrected chi connectivity index (χ3v) is 1.78. The van der Waals surface area contributed by atoms with Crippen LogP contribution in [0.4, 0.5) is 0 Å². The molecule has 0 aromatic carbocycles. The summed E-state index contributed by atoms with van der Waals surface area (Å²) in [4.78, 5) is 41.4. The van der Waals surface area contributed by atoms with E-state index in [-0.39, 0.29) is 59.3 Å². The number of carbonyl (C=O) groups is 4. The van der Waals surface area contributed by atoms with Gasteiger partial charge in [0, 0.05) is 29.6 Å². The van der Waals surface area contributed by atoms with Gasteiger partial charge in [0.2, 0.25) is 11.8 Å². The van der Waals surface area contributed by atoms with Gasteiger partial charge in [-0.15, -0.1) is 0 Å². The second kappa shape index (κ2) is 10.9. The minimum atomic E-state index is -0.582. The predicted molar refractivity (Wildman–Crippen MR) is 67.9 cm³/mol. The van der Waals surface area contributed by atoms with Crippen LogP contribution in [0, 0.1) is 0 Å². The molecule has 101 valence electrons. The third kappa shape index (κ3) is 10.6. The molecule has 0 aromatic rings. The predicted octanol–water partition coefficient (Wildman–Crippen LogP) is -1.75. The van der Waals surface area contributed by atoms with E-state index < -0.39 is 11.9 Å². The minimum absolute atomic E-state index is 0. The molecule has 8 nitrogen and oxygen atoms in total. The number of ether oxygens (including phenoxy) is 2. The topological polar surface area (TPSA) is 111 Å². The summed E-state index contributed by atoms with van der Waals surface area (Å²) in [6.45, 7) is 0. The molecule has 1 aliphatic heterocycles. The van der Waals surface area contributed by atoms with Crippen LogP contribution in [0.15, 0.2) is 0 Å². The molecule has 0 aromatic heterocycles. The summed E-state index contributed by atoms with van der Waals surface area (Å²) in [5, 5.41) is 4.63. The van der Waals surface area contributed by atoms with Gasteiger partial charge in [0.15, 0.2) is 5.11 Å². The second-order valence-corrected chi connectivity index (χ2v) is 3.34. The average molecular weight is 299 g/mol. The fraction of sp³-hybridized carbons (Fsp3) is 0.444. The van der Waals surface area contributed by atoms with Crippen LogP contribution >= 0.6 is 12.2 Å². The molecule has 1 saturated heterocycles. The van der Waals surface area contributed by atoms with Crippen LogP contribution < -0.4 is 10.6 Å². The number of esters is 2. The summed E-state index contributed by atoms with van der Waals surface area (Å²) < 4.78 is 8.37. The smallest absolute Gasteiger partial charge is 0.316 e. The zero-order valence-corrected chi connectivity index (χ0v) is 13.6. The summed E-state index contributed by atoms with van der Waals surface area (Å²) in [5.41, 5.74) is 0. The maximum Gasteiger partial charge on any atom is 0.316 e. The van der Waals surface area contributed by atoms with Gasteiger partial charge in [-0.1, -0.05) is 0 Å². The molecule has 19 heavy (non-hydrogen) atoms. The molecule has 10 heteroatoms. The normalized spacial score (nSPS) is 12.8. The fourth-order valence-corrected chi connectivity index (χ4v) is 1.01. The first-order valence-corrected chi connectivity index (χ1v) is 5.07. The van der Waals surface area contributed by atoms with E-state index in [4.69, 9.17) is 0 Å². The van der Waals surface area contributed by atoms with Crippen molar-refractivity contribution in [2.45, 2.75) is 12.8 Å². The number of carbonyl (C=O) groups excluding carboxylic acids is 4. The number of hydrogen-bond donors (Lipinski definition) is 2. The Morgan fingerprint density at radius 2 is 1.47 bits per heavy atom. The van der Waals surface area contributed by atoms with Gasteiger partial charge >= 0.3 is 11.9 Å². The van der Waals surface area contributed by atoms with Crippen LogP contribution in [-0.2, 0) is 28.7 Å². The van der Waals surface area contributed by atoms with E-state index >= 15 is 0 Å². The van der Waals surface area contributed by atoms with Crippen LogP contribution in [0.1, 0.15) is 12.8 Å². The number of rotatable bonds is 2. The number of nitrogens with one attached hydrogen (secondary N) is 2. The van der Waals surface area contributed by atoms with Crippen molar-refractivity contribution < 1.29 is 28.7 Å². The Hall–Kier alpha value is -1.03. The van der Waals surface area contributed by atoms with Gasteiger partial charge in [0.05, 0.1) is 14.2 Å². The zero-order chi connectivity index (χ0) is 14.1. The summed E-state index contributed by atoms with van der Waals surface area (Å²) in [6.07, 6.45) is -0.437. The molecule has 1 radical (unpaired) electrons. The van der Waals surface area contributed by atoms with Crippen molar-refractivity contribution in [2.24, 2.45) is 0 Å². The van der Waals surface area contributed by atoms with Crippen LogP contribution in [0.2, 0.25) is 0 Å². The molecule has 2 N–H and O–H groups in total. The van der Waals surface area contributed by atoms with Gasteiger partial charge in [0.1, 0.15) is 12.8 Å². The number of amides is 2. The average Bonchev–Trinajstić information content (AvgIpc) is 2.27. The van der Waals surface area contributed by atoms with Crippen molar-refractivity contribution in [3.63, 3.8) is 0 Å². The molecule has 0 bridgehead atoms. The molecule has 0 saturated carbocycles. The fourth-order valence-electron chi connectivity index (χ4n) is 0.781. The van der Waals surface area contributed by atoms with Crippen LogP contribution in [0.3, 0.4) is 0 Å².